The fourth-order valence-corrected chi connectivity index (χ4v) is 2.11. The summed E-state index contributed by atoms with van der Waals surface area (Å²) in [6.07, 6.45) is 2.46. The van der Waals surface area contributed by atoms with Crippen molar-refractivity contribution in [1.29, 1.82) is 0 Å². The van der Waals surface area contributed by atoms with E-state index in [4.69, 9.17) is 15.6 Å². The van der Waals surface area contributed by atoms with Crippen LogP contribution < -0.4 is 11.1 Å². The Bertz CT molecular complexity index is 317. The average Bonchev–Trinajstić information content (AvgIpc) is 2.99. The molecule has 3 atom stereocenters. The van der Waals surface area contributed by atoms with Crippen molar-refractivity contribution in [1.82, 2.24) is 5.32 Å². The highest BCUT2D eigenvalue weighted by Crippen LogP contribution is 2.32. The molecular weight excluding hydrogens is 224 g/mol. The number of hydrogen-bond acceptors (Lipinski definition) is 4. The second kappa shape index (κ2) is 5.01. The second-order valence-corrected chi connectivity index (χ2v) is 4.86. The lowest BCUT2D eigenvalue weighted by Crippen LogP contribution is -2.44. The van der Waals surface area contributed by atoms with Crippen molar-refractivity contribution in [2.75, 3.05) is 13.2 Å². The lowest BCUT2D eigenvalue weighted by Gasteiger charge is -2.17. The number of amides is 1. The minimum absolute atomic E-state index is 0.0967. The number of nitrogens with two attached hydrogens (primary N) is 1. The highest BCUT2D eigenvalue weighted by Gasteiger charge is 2.36. The van der Waals surface area contributed by atoms with E-state index in [1.807, 2.05) is 0 Å². The van der Waals surface area contributed by atoms with Crippen LogP contribution in [0.4, 0.5) is 0 Å². The summed E-state index contributed by atoms with van der Waals surface area (Å²) in [5, 5.41) is 11.6. The quantitative estimate of drug-likeness (QED) is 0.593. The number of ether oxygens (including phenoxy) is 1. The van der Waals surface area contributed by atoms with Crippen LogP contribution in [-0.4, -0.2) is 42.3 Å². The zero-order valence-electron chi connectivity index (χ0n) is 9.59. The van der Waals surface area contributed by atoms with Crippen LogP contribution in [0, 0.1) is 11.8 Å². The third-order valence-electron chi connectivity index (χ3n) is 3.39. The monoisotopic (exact) mass is 242 g/mol. The molecular formula is C11H18N2O4. The normalized spacial score (nSPS) is 29.9. The Balaban J connectivity index is 1.78. The van der Waals surface area contributed by atoms with Gasteiger partial charge in [0.05, 0.1) is 19.3 Å². The molecule has 1 aliphatic carbocycles. The predicted octanol–water partition coefficient (Wildman–Crippen LogP) is -0.670. The largest absolute Gasteiger partial charge is 0.481 e. The number of aliphatic carboxylic acids is 1. The van der Waals surface area contributed by atoms with Gasteiger partial charge < -0.3 is 20.9 Å². The van der Waals surface area contributed by atoms with E-state index in [1.54, 1.807) is 0 Å². The van der Waals surface area contributed by atoms with Gasteiger partial charge in [0, 0.05) is 12.5 Å². The van der Waals surface area contributed by atoms with Crippen LogP contribution in [0.15, 0.2) is 0 Å². The molecule has 6 nitrogen and oxygen atoms in total. The van der Waals surface area contributed by atoms with Gasteiger partial charge in [-0.05, 0) is 18.8 Å². The highest BCUT2D eigenvalue weighted by atomic mass is 16.5. The summed E-state index contributed by atoms with van der Waals surface area (Å²) in [7, 11) is 0. The molecule has 0 aromatic rings. The van der Waals surface area contributed by atoms with Gasteiger partial charge in [-0.1, -0.05) is 0 Å². The molecule has 6 heteroatoms. The van der Waals surface area contributed by atoms with E-state index in [0.29, 0.717) is 5.92 Å². The Kier molecular flexibility index (Phi) is 3.63. The first kappa shape index (κ1) is 12.3. The molecule has 0 aromatic carbocycles. The van der Waals surface area contributed by atoms with Crippen LogP contribution in [-0.2, 0) is 14.3 Å². The molecule has 96 valence electrons. The van der Waals surface area contributed by atoms with Crippen LogP contribution in [0.1, 0.15) is 19.3 Å². The topological polar surface area (TPSA) is 102 Å². The lowest BCUT2D eigenvalue weighted by molar-refractivity contribution is -0.142. The summed E-state index contributed by atoms with van der Waals surface area (Å²) in [6, 6.07) is -0.521. The molecule has 1 saturated heterocycles. The van der Waals surface area contributed by atoms with Gasteiger partial charge in [-0.15, -0.1) is 0 Å². The fourth-order valence-electron chi connectivity index (χ4n) is 2.11. The summed E-state index contributed by atoms with van der Waals surface area (Å²) in [6.45, 7) is 0.427. The number of carbonyl (C=O) groups excluding carboxylic acids is 1. The van der Waals surface area contributed by atoms with E-state index in [-0.39, 0.29) is 31.6 Å². The SMILES string of the molecule is NC(CC(=O)NC1COCC1C(=O)O)C1CC1. The molecule has 2 rings (SSSR count). The first-order valence-electron chi connectivity index (χ1n) is 5.93. The Morgan fingerprint density at radius 3 is 2.71 bits per heavy atom. The number of nitrogens with one attached hydrogen (secondary N) is 1. The maximum absolute atomic E-state index is 11.7. The molecule has 1 heterocycles. The predicted molar refractivity (Wildman–Crippen MR) is 59.2 cm³/mol. The molecule has 1 saturated carbocycles. The number of hydrogen-bond donors (Lipinski definition) is 3. The molecule has 0 radical (unpaired) electrons. The summed E-state index contributed by atoms with van der Waals surface area (Å²) in [4.78, 5) is 22.5. The van der Waals surface area contributed by atoms with Gasteiger partial charge in [0.2, 0.25) is 5.91 Å². The van der Waals surface area contributed by atoms with Crippen molar-refractivity contribution in [2.45, 2.75) is 31.3 Å². The smallest absolute Gasteiger partial charge is 0.311 e. The van der Waals surface area contributed by atoms with Crippen LogP contribution in [0.3, 0.4) is 0 Å². The Hall–Kier alpha value is -1.14. The molecule has 1 aliphatic heterocycles. The van der Waals surface area contributed by atoms with E-state index in [2.05, 4.69) is 5.32 Å². The second-order valence-electron chi connectivity index (χ2n) is 4.86. The Morgan fingerprint density at radius 1 is 1.41 bits per heavy atom. The standard InChI is InChI=1S/C11H18N2O4/c12-8(6-1-2-6)3-10(14)13-9-5-17-4-7(9)11(15)16/h6-9H,1-5,12H2,(H,13,14)(H,15,16). The van der Waals surface area contributed by atoms with Crippen LogP contribution in [0.5, 0.6) is 0 Å². The van der Waals surface area contributed by atoms with Gasteiger partial charge in [0.1, 0.15) is 5.92 Å². The van der Waals surface area contributed by atoms with Crippen molar-refractivity contribution < 1.29 is 19.4 Å². The minimum atomic E-state index is -0.931. The number of carboxylic acid groups (broad SMARTS) is 1. The highest BCUT2D eigenvalue weighted by molar-refractivity contribution is 5.79. The summed E-state index contributed by atoms with van der Waals surface area (Å²) in [5.74, 6) is -1.28. The molecule has 0 aromatic heterocycles. The zero-order chi connectivity index (χ0) is 12.4. The molecule has 17 heavy (non-hydrogen) atoms. The number of carbonyl (C=O) groups is 2. The third-order valence-corrected chi connectivity index (χ3v) is 3.39. The van der Waals surface area contributed by atoms with Gasteiger partial charge >= 0.3 is 5.97 Å². The Morgan fingerprint density at radius 2 is 2.12 bits per heavy atom. The average molecular weight is 242 g/mol. The Labute approximate surface area is 99.5 Å². The van der Waals surface area contributed by atoms with Crippen molar-refractivity contribution in [3.63, 3.8) is 0 Å². The van der Waals surface area contributed by atoms with Crippen molar-refractivity contribution in [3.05, 3.63) is 0 Å². The molecule has 0 bridgehead atoms. The summed E-state index contributed by atoms with van der Waals surface area (Å²) >= 11 is 0. The third kappa shape index (κ3) is 3.17. The van der Waals surface area contributed by atoms with Gasteiger partial charge in [-0.2, -0.15) is 0 Å². The molecule has 2 fully saturated rings. The maximum atomic E-state index is 11.7. The van der Waals surface area contributed by atoms with Gasteiger partial charge in [-0.3, -0.25) is 9.59 Å². The molecule has 2 aliphatic rings. The fraction of sp³-hybridized carbons (Fsp3) is 0.818. The maximum Gasteiger partial charge on any atom is 0.311 e. The van der Waals surface area contributed by atoms with E-state index in [0.717, 1.165) is 12.8 Å². The summed E-state index contributed by atoms with van der Waals surface area (Å²) in [5.41, 5.74) is 5.84. The van der Waals surface area contributed by atoms with Crippen LogP contribution >= 0.6 is 0 Å². The molecule has 4 N–H and O–H groups in total. The summed E-state index contributed by atoms with van der Waals surface area (Å²) < 4.78 is 5.07. The van der Waals surface area contributed by atoms with Crippen molar-refractivity contribution in [2.24, 2.45) is 17.6 Å². The number of rotatable bonds is 5. The van der Waals surface area contributed by atoms with Crippen LogP contribution in [0.25, 0.3) is 0 Å². The van der Waals surface area contributed by atoms with Crippen LogP contribution in [0.2, 0.25) is 0 Å². The molecule has 0 spiro atoms. The van der Waals surface area contributed by atoms with E-state index >= 15 is 0 Å². The zero-order valence-corrected chi connectivity index (χ0v) is 9.59. The van der Waals surface area contributed by atoms with Crippen molar-refractivity contribution >= 4 is 11.9 Å². The van der Waals surface area contributed by atoms with Gasteiger partial charge in [-0.25, -0.2) is 0 Å². The first-order chi connectivity index (χ1) is 8.08. The van der Waals surface area contributed by atoms with E-state index < -0.39 is 17.9 Å². The van der Waals surface area contributed by atoms with Crippen molar-refractivity contribution in [3.8, 4) is 0 Å². The molecule has 1 amide bonds. The minimum Gasteiger partial charge on any atom is -0.481 e. The lowest BCUT2D eigenvalue weighted by atomic mass is 10.0. The molecule has 3 unspecified atom stereocenters. The van der Waals surface area contributed by atoms with E-state index in [1.165, 1.54) is 0 Å². The number of carboxylic acids is 1. The van der Waals surface area contributed by atoms with E-state index in [9.17, 15) is 9.59 Å². The first-order valence-corrected chi connectivity index (χ1v) is 5.93. The van der Waals surface area contributed by atoms with Gasteiger partial charge in [0.25, 0.3) is 0 Å². The van der Waals surface area contributed by atoms with Gasteiger partial charge in [0.15, 0.2) is 0 Å².